The SMILES string of the molecule is CCC(C)C(NC(=O)C(Cc1ccc(O)cc1)NC(=O)C(N)CS)C(=O)O. The highest BCUT2D eigenvalue weighted by Crippen LogP contribution is 2.13. The van der Waals surface area contributed by atoms with Crippen LogP contribution >= 0.6 is 12.6 Å². The predicted molar refractivity (Wildman–Crippen MR) is 105 cm³/mol. The number of phenolic OH excluding ortho intramolecular Hbond substituents is 1. The average Bonchev–Trinajstić information content (AvgIpc) is 2.65. The molecule has 2 amide bonds. The third-order valence-electron chi connectivity index (χ3n) is 4.32. The maximum Gasteiger partial charge on any atom is 0.326 e. The van der Waals surface area contributed by atoms with Gasteiger partial charge in [-0.15, -0.1) is 0 Å². The van der Waals surface area contributed by atoms with Crippen molar-refractivity contribution in [3.63, 3.8) is 0 Å². The molecule has 4 unspecified atom stereocenters. The number of benzene rings is 1. The summed E-state index contributed by atoms with van der Waals surface area (Å²) in [6, 6.07) is 3.18. The molecular formula is C18H27N3O5S. The van der Waals surface area contributed by atoms with Crippen molar-refractivity contribution in [3.8, 4) is 5.75 Å². The summed E-state index contributed by atoms with van der Waals surface area (Å²) >= 11 is 3.97. The molecule has 0 heterocycles. The van der Waals surface area contributed by atoms with E-state index in [0.29, 0.717) is 12.0 Å². The van der Waals surface area contributed by atoms with Crippen molar-refractivity contribution in [2.24, 2.45) is 11.7 Å². The Bertz CT molecular complexity index is 653. The molecule has 1 aromatic carbocycles. The second-order valence-corrected chi connectivity index (χ2v) is 6.80. The van der Waals surface area contributed by atoms with Gasteiger partial charge in [-0.05, 0) is 23.6 Å². The van der Waals surface area contributed by atoms with Gasteiger partial charge >= 0.3 is 5.97 Å². The van der Waals surface area contributed by atoms with E-state index in [-0.39, 0.29) is 23.8 Å². The van der Waals surface area contributed by atoms with Crippen LogP contribution < -0.4 is 16.4 Å². The monoisotopic (exact) mass is 397 g/mol. The summed E-state index contributed by atoms with van der Waals surface area (Å²) in [5.41, 5.74) is 6.33. The van der Waals surface area contributed by atoms with Crippen molar-refractivity contribution in [2.45, 2.75) is 44.8 Å². The van der Waals surface area contributed by atoms with Gasteiger partial charge in [-0.25, -0.2) is 4.79 Å². The number of carboxylic acids is 1. The normalized spacial score (nSPS) is 15.3. The fraction of sp³-hybridized carbons (Fsp3) is 0.500. The molecule has 8 nitrogen and oxygen atoms in total. The number of aromatic hydroxyl groups is 1. The average molecular weight is 397 g/mol. The van der Waals surface area contributed by atoms with E-state index in [2.05, 4.69) is 23.3 Å². The number of carbonyl (C=O) groups is 3. The highest BCUT2D eigenvalue weighted by Gasteiger charge is 2.30. The molecule has 0 aliphatic heterocycles. The van der Waals surface area contributed by atoms with Gasteiger partial charge in [0, 0.05) is 12.2 Å². The number of thiol groups is 1. The van der Waals surface area contributed by atoms with Crippen LogP contribution in [0.25, 0.3) is 0 Å². The second-order valence-electron chi connectivity index (χ2n) is 6.43. The number of amides is 2. The first kappa shape index (κ1) is 22.8. The molecule has 6 N–H and O–H groups in total. The standard InChI is InChI=1S/C18H27N3O5S/c1-3-10(2)15(18(25)26)21-17(24)14(20-16(23)13(19)9-27)8-11-4-6-12(22)7-5-11/h4-7,10,13-15,22,27H,3,8-9,19H2,1-2H3,(H,20,23)(H,21,24)(H,25,26). The molecule has 4 atom stereocenters. The van der Waals surface area contributed by atoms with E-state index in [1.54, 1.807) is 19.1 Å². The summed E-state index contributed by atoms with van der Waals surface area (Å²) < 4.78 is 0. The van der Waals surface area contributed by atoms with Crippen LogP contribution in [0.1, 0.15) is 25.8 Å². The second kappa shape index (κ2) is 10.8. The predicted octanol–water partition coefficient (Wildman–Crippen LogP) is 0.292. The molecule has 0 saturated heterocycles. The van der Waals surface area contributed by atoms with Crippen molar-refractivity contribution in [2.75, 3.05) is 5.75 Å². The Morgan fingerprint density at radius 3 is 2.22 bits per heavy atom. The number of nitrogens with one attached hydrogen (secondary N) is 2. The molecule has 1 rings (SSSR count). The number of hydrogen-bond donors (Lipinski definition) is 6. The van der Waals surface area contributed by atoms with Crippen LogP contribution in [0.3, 0.4) is 0 Å². The molecule has 0 aliphatic carbocycles. The Kier molecular flexibility index (Phi) is 9.10. The molecule has 0 aliphatic rings. The lowest BCUT2D eigenvalue weighted by Crippen LogP contribution is -2.56. The van der Waals surface area contributed by atoms with Crippen LogP contribution in [0, 0.1) is 5.92 Å². The molecule has 27 heavy (non-hydrogen) atoms. The maximum absolute atomic E-state index is 12.7. The number of carboxylic acid groups (broad SMARTS) is 1. The fourth-order valence-electron chi connectivity index (χ4n) is 2.38. The largest absolute Gasteiger partial charge is 0.508 e. The number of rotatable bonds is 10. The molecular weight excluding hydrogens is 370 g/mol. The zero-order valence-electron chi connectivity index (χ0n) is 15.4. The van der Waals surface area contributed by atoms with Crippen LogP contribution in [0.15, 0.2) is 24.3 Å². The van der Waals surface area contributed by atoms with Crippen molar-refractivity contribution in [1.82, 2.24) is 10.6 Å². The highest BCUT2D eigenvalue weighted by atomic mass is 32.1. The molecule has 9 heteroatoms. The van der Waals surface area contributed by atoms with Gasteiger partial charge in [0.1, 0.15) is 17.8 Å². The Balaban J connectivity index is 2.99. The number of nitrogens with two attached hydrogens (primary N) is 1. The van der Waals surface area contributed by atoms with E-state index in [1.165, 1.54) is 12.1 Å². The third kappa shape index (κ3) is 7.10. The van der Waals surface area contributed by atoms with Crippen LogP contribution in [0.2, 0.25) is 0 Å². The van der Waals surface area contributed by atoms with Crippen LogP contribution in [-0.2, 0) is 20.8 Å². The Labute approximate surface area is 163 Å². The lowest BCUT2D eigenvalue weighted by atomic mass is 9.98. The van der Waals surface area contributed by atoms with E-state index in [9.17, 15) is 24.6 Å². The van der Waals surface area contributed by atoms with Crippen LogP contribution in [0.5, 0.6) is 5.75 Å². The summed E-state index contributed by atoms with van der Waals surface area (Å²) in [7, 11) is 0. The van der Waals surface area contributed by atoms with Gasteiger partial charge in [0.15, 0.2) is 0 Å². The minimum absolute atomic E-state index is 0.0728. The zero-order chi connectivity index (χ0) is 20.6. The highest BCUT2D eigenvalue weighted by molar-refractivity contribution is 7.80. The Hall–Kier alpha value is -2.26. The van der Waals surface area contributed by atoms with Gasteiger partial charge in [-0.3, -0.25) is 9.59 Å². The Morgan fingerprint density at radius 2 is 1.74 bits per heavy atom. The van der Waals surface area contributed by atoms with Gasteiger partial charge in [0.05, 0.1) is 6.04 Å². The summed E-state index contributed by atoms with van der Waals surface area (Å²) in [5, 5.41) is 23.8. The quantitative estimate of drug-likeness (QED) is 0.314. The first-order valence-corrected chi connectivity index (χ1v) is 9.30. The number of carbonyl (C=O) groups excluding carboxylic acids is 2. The minimum Gasteiger partial charge on any atom is -0.508 e. The molecule has 0 bridgehead atoms. The van der Waals surface area contributed by atoms with E-state index in [4.69, 9.17) is 5.73 Å². The van der Waals surface area contributed by atoms with E-state index < -0.39 is 35.9 Å². The third-order valence-corrected chi connectivity index (χ3v) is 4.71. The van der Waals surface area contributed by atoms with Gasteiger partial charge < -0.3 is 26.6 Å². The van der Waals surface area contributed by atoms with Crippen LogP contribution in [-0.4, -0.2) is 51.9 Å². The maximum atomic E-state index is 12.7. The van der Waals surface area contributed by atoms with E-state index in [1.807, 2.05) is 6.92 Å². The van der Waals surface area contributed by atoms with Gasteiger partial charge in [0.25, 0.3) is 0 Å². The molecule has 150 valence electrons. The van der Waals surface area contributed by atoms with Gasteiger partial charge in [-0.2, -0.15) is 12.6 Å². The first-order valence-electron chi connectivity index (χ1n) is 8.67. The molecule has 0 spiro atoms. The molecule has 0 aromatic heterocycles. The van der Waals surface area contributed by atoms with Crippen molar-refractivity contribution in [1.29, 1.82) is 0 Å². The molecule has 0 fully saturated rings. The minimum atomic E-state index is -1.14. The number of phenols is 1. The van der Waals surface area contributed by atoms with Crippen LogP contribution in [0.4, 0.5) is 0 Å². The Morgan fingerprint density at radius 1 is 1.15 bits per heavy atom. The molecule has 0 saturated carbocycles. The van der Waals surface area contributed by atoms with E-state index in [0.717, 1.165) is 0 Å². The summed E-state index contributed by atoms with van der Waals surface area (Å²) in [6.45, 7) is 3.55. The lowest BCUT2D eigenvalue weighted by molar-refractivity contribution is -0.143. The van der Waals surface area contributed by atoms with Crippen molar-refractivity contribution >= 4 is 30.4 Å². The number of hydrogen-bond acceptors (Lipinski definition) is 6. The fourth-order valence-corrected chi connectivity index (χ4v) is 2.54. The summed E-state index contributed by atoms with van der Waals surface area (Å²) in [4.78, 5) is 36.3. The topological polar surface area (TPSA) is 142 Å². The van der Waals surface area contributed by atoms with Crippen molar-refractivity contribution in [3.05, 3.63) is 29.8 Å². The molecule has 0 radical (unpaired) electrons. The number of aliphatic carboxylic acids is 1. The first-order chi connectivity index (χ1) is 12.7. The summed E-state index contributed by atoms with van der Waals surface area (Å²) in [5.74, 6) is -2.42. The van der Waals surface area contributed by atoms with Crippen molar-refractivity contribution < 1.29 is 24.6 Å². The zero-order valence-corrected chi connectivity index (χ0v) is 16.3. The lowest BCUT2D eigenvalue weighted by Gasteiger charge is -2.25. The summed E-state index contributed by atoms with van der Waals surface area (Å²) in [6.07, 6.45) is 0.681. The van der Waals surface area contributed by atoms with Gasteiger partial charge in [-0.1, -0.05) is 32.4 Å². The molecule has 1 aromatic rings. The smallest absolute Gasteiger partial charge is 0.326 e. The van der Waals surface area contributed by atoms with E-state index >= 15 is 0 Å². The van der Waals surface area contributed by atoms with Gasteiger partial charge in [0.2, 0.25) is 11.8 Å².